The van der Waals surface area contributed by atoms with Gasteiger partial charge in [-0.3, -0.25) is 9.59 Å². The predicted octanol–water partition coefficient (Wildman–Crippen LogP) is 4.81. The third-order valence-electron chi connectivity index (χ3n) is 7.97. The van der Waals surface area contributed by atoms with Gasteiger partial charge in [0.05, 0.1) is 15.3 Å². The first kappa shape index (κ1) is 28.3. The molecule has 1 saturated carbocycles. The molecule has 210 valence electrons. The van der Waals surface area contributed by atoms with Gasteiger partial charge in [-0.05, 0) is 61.3 Å². The molecular weight excluding hydrogens is 544 g/mol. The fourth-order valence-corrected chi connectivity index (χ4v) is 8.41. The lowest BCUT2D eigenvalue weighted by Crippen LogP contribution is -2.50. The molecule has 1 aromatic heterocycles. The van der Waals surface area contributed by atoms with Gasteiger partial charge in [0.2, 0.25) is 15.9 Å². The molecule has 1 unspecified atom stereocenters. The summed E-state index contributed by atoms with van der Waals surface area (Å²) in [6.07, 6.45) is 6.68. The molecule has 2 atom stereocenters. The minimum atomic E-state index is -3.83. The van der Waals surface area contributed by atoms with Crippen LogP contribution in [0.5, 0.6) is 0 Å². The van der Waals surface area contributed by atoms with Crippen molar-refractivity contribution in [3.05, 3.63) is 65.0 Å². The van der Waals surface area contributed by atoms with E-state index < -0.39 is 16.1 Å². The average molecular weight is 579 g/mol. The van der Waals surface area contributed by atoms with Gasteiger partial charge in [0.15, 0.2) is 0 Å². The predicted molar refractivity (Wildman–Crippen MR) is 155 cm³/mol. The molecule has 2 heterocycles. The van der Waals surface area contributed by atoms with E-state index in [1.54, 1.807) is 12.1 Å². The molecule has 2 fully saturated rings. The van der Waals surface area contributed by atoms with Crippen molar-refractivity contribution in [3.8, 4) is 6.07 Å². The Hall–Kier alpha value is -3.26. The Bertz CT molecular complexity index is 1490. The zero-order chi connectivity index (χ0) is 28.1. The van der Waals surface area contributed by atoms with Crippen LogP contribution in [0.25, 0.3) is 10.1 Å². The molecule has 8 nitrogen and oxygen atoms in total. The molecule has 1 saturated heterocycles. The molecule has 1 aliphatic carbocycles. The Morgan fingerprint density at radius 1 is 1.00 bits per heavy atom. The summed E-state index contributed by atoms with van der Waals surface area (Å²) >= 11 is 1.42. The molecule has 2 aromatic carbocycles. The van der Waals surface area contributed by atoms with Crippen molar-refractivity contribution in [2.24, 2.45) is 5.92 Å². The minimum absolute atomic E-state index is 0.0144. The summed E-state index contributed by atoms with van der Waals surface area (Å²) in [6, 6.07) is 17.1. The number of nitrogens with zero attached hydrogens (tertiary/aromatic N) is 2. The summed E-state index contributed by atoms with van der Waals surface area (Å²) in [5.74, 6) is -0.0560. The number of nitriles is 1. The van der Waals surface area contributed by atoms with E-state index in [-0.39, 0.29) is 34.9 Å². The van der Waals surface area contributed by atoms with E-state index in [9.17, 15) is 23.3 Å². The van der Waals surface area contributed by atoms with E-state index in [1.165, 1.54) is 27.8 Å². The number of hydrogen-bond acceptors (Lipinski definition) is 6. The number of sulfonamides is 1. The third kappa shape index (κ3) is 6.38. The van der Waals surface area contributed by atoms with Crippen molar-refractivity contribution >= 4 is 43.3 Å². The molecular formula is C30H34N4O4S2. The van der Waals surface area contributed by atoms with Crippen LogP contribution < -0.4 is 10.6 Å². The second kappa shape index (κ2) is 12.5. The lowest BCUT2D eigenvalue weighted by Gasteiger charge is -2.25. The second-order valence-corrected chi connectivity index (χ2v) is 13.7. The summed E-state index contributed by atoms with van der Waals surface area (Å²) < 4.78 is 29.1. The standard InChI is InChI=1S/C30H34N4O4S2/c31-20-23-11-4-6-14-28(23)40(37,38)34-16-7-12-24(15-17-34)32-29(35)25(18-21-8-1-2-9-21)33-30(36)27-19-22-10-3-5-13-26(22)39-27/h3-6,10-11,13-14,19,21,24-25H,1-2,7-9,12,15-18H2,(H,32,35)(H,33,36)/t24?,25-/m0/s1. The second-order valence-electron chi connectivity index (χ2n) is 10.7. The van der Waals surface area contributed by atoms with Crippen LogP contribution in [-0.4, -0.2) is 49.7 Å². The molecule has 40 heavy (non-hydrogen) atoms. The molecule has 2 N–H and O–H groups in total. The van der Waals surface area contributed by atoms with Crippen LogP contribution in [0.4, 0.5) is 0 Å². The lowest BCUT2D eigenvalue weighted by molar-refractivity contribution is -0.124. The van der Waals surface area contributed by atoms with Crippen molar-refractivity contribution in [3.63, 3.8) is 0 Å². The monoisotopic (exact) mass is 578 g/mol. The van der Waals surface area contributed by atoms with Crippen molar-refractivity contribution in [2.45, 2.75) is 68.3 Å². The molecule has 0 bridgehead atoms. The number of benzene rings is 2. The Morgan fingerprint density at radius 2 is 1.75 bits per heavy atom. The van der Waals surface area contributed by atoms with Crippen LogP contribution in [0.1, 0.15) is 66.6 Å². The van der Waals surface area contributed by atoms with Gasteiger partial charge in [0.1, 0.15) is 12.1 Å². The highest BCUT2D eigenvalue weighted by Crippen LogP contribution is 2.30. The zero-order valence-corrected chi connectivity index (χ0v) is 24.0. The van der Waals surface area contributed by atoms with Crippen LogP contribution in [0.3, 0.4) is 0 Å². The van der Waals surface area contributed by atoms with Gasteiger partial charge >= 0.3 is 0 Å². The molecule has 1 aliphatic heterocycles. The summed E-state index contributed by atoms with van der Waals surface area (Å²) in [4.78, 5) is 27.4. The number of hydrogen-bond donors (Lipinski definition) is 2. The quantitative estimate of drug-likeness (QED) is 0.398. The van der Waals surface area contributed by atoms with Gasteiger partial charge in [-0.2, -0.15) is 9.57 Å². The first-order chi connectivity index (χ1) is 19.3. The average Bonchev–Trinajstić information content (AvgIpc) is 3.58. The highest BCUT2D eigenvalue weighted by Gasteiger charge is 2.32. The molecule has 2 aliphatic rings. The highest BCUT2D eigenvalue weighted by molar-refractivity contribution is 7.89. The number of carbonyl (C=O) groups is 2. The van der Waals surface area contributed by atoms with Gasteiger partial charge in [-0.15, -0.1) is 11.3 Å². The molecule has 0 spiro atoms. The number of amides is 2. The maximum atomic E-state index is 13.5. The maximum Gasteiger partial charge on any atom is 0.262 e. The van der Waals surface area contributed by atoms with Crippen LogP contribution in [-0.2, 0) is 14.8 Å². The first-order valence-corrected chi connectivity index (χ1v) is 16.2. The Morgan fingerprint density at radius 3 is 2.52 bits per heavy atom. The SMILES string of the molecule is N#Cc1ccccc1S(=O)(=O)N1CCCC(NC(=O)[C@H](CC2CCCC2)NC(=O)c2cc3ccccc3s2)CC1. The Labute approximate surface area is 239 Å². The number of rotatable bonds is 8. The van der Waals surface area contributed by atoms with Crippen LogP contribution in [0.2, 0.25) is 0 Å². The van der Waals surface area contributed by atoms with Gasteiger partial charge in [0, 0.05) is 23.8 Å². The number of carbonyl (C=O) groups excluding carboxylic acids is 2. The fourth-order valence-electron chi connectivity index (χ4n) is 5.81. The molecule has 10 heteroatoms. The Balaban J connectivity index is 1.25. The smallest absolute Gasteiger partial charge is 0.262 e. The zero-order valence-electron chi connectivity index (χ0n) is 22.3. The van der Waals surface area contributed by atoms with Crippen molar-refractivity contribution in [1.82, 2.24) is 14.9 Å². The number of nitrogens with one attached hydrogen (secondary N) is 2. The number of fused-ring (bicyclic) bond motifs is 1. The van der Waals surface area contributed by atoms with E-state index in [2.05, 4.69) is 10.6 Å². The van der Waals surface area contributed by atoms with Crippen LogP contribution >= 0.6 is 11.3 Å². The normalized spacial score (nSPS) is 19.5. The van der Waals surface area contributed by atoms with Crippen LogP contribution in [0, 0.1) is 17.2 Å². The van der Waals surface area contributed by atoms with E-state index in [1.807, 2.05) is 36.4 Å². The topological polar surface area (TPSA) is 119 Å². The molecule has 0 radical (unpaired) electrons. The summed E-state index contributed by atoms with van der Waals surface area (Å²) in [7, 11) is -3.83. The van der Waals surface area contributed by atoms with Crippen molar-refractivity contribution in [2.75, 3.05) is 13.1 Å². The van der Waals surface area contributed by atoms with Crippen molar-refractivity contribution in [1.29, 1.82) is 5.26 Å². The minimum Gasteiger partial charge on any atom is -0.352 e. The third-order valence-corrected chi connectivity index (χ3v) is 11.0. The fraction of sp³-hybridized carbons (Fsp3) is 0.433. The summed E-state index contributed by atoms with van der Waals surface area (Å²) in [6.45, 7) is 0.567. The molecule has 5 rings (SSSR count). The van der Waals surface area contributed by atoms with E-state index >= 15 is 0 Å². The van der Waals surface area contributed by atoms with Crippen molar-refractivity contribution < 1.29 is 18.0 Å². The highest BCUT2D eigenvalue weighted by atomic mass is 32.2. The maximum absolute atomic E-state index is 13.5. The van der Waals surface area contributed by atoms with Gasteiger partial charge in [0.25, 0.3) is 5.91 Å². The molecule has 2 amide bonds. The van der Waals surface area contributed by atoms with E-state index in [0.717, 1.165) is 35.8 Å². The van der Waals surface area contributed by atoms with E-state index in [0.29, 0.717) is 43.0 Å². The molecule has 3 aromatic rings. The summed E-state index contributed by atoms with van der Waals surface area (Å²) in [5, 5.41) is 16.5. The van der Waals surface area contributed by atoms with Gasteiger partial charge < -0.3 is 10.6 Å². The van der Waals surface area contributed by atoms with Crippen LogP contribution in [0.15, 0.2) is 59.5 Å². The largest absolute Gasteiger partial charge is 0.352 e. The Kier molecular flexibility index (Phi) is 8.84. The number of thiophene rings is 1. The van der Waals surface area contributed by atoms with Gasteiger partial charge in [-0.1, -0.05) is 56.0 Å². The van der Waals surface area contributed by atoms with Gasteiger partial charge in [-0.25, -0.2) is 8.42 Å². The van der Waals surface area contributed by atoms with E-state index in [4.69, 9.17) is 0 Å². The lowest BCUT2D eigenvalue weighted by atomic mass is 9.97. The first-order valence-electron chi connectivity index (χ1n) is 13.9. The summed E-state index contributed by atoms with van der Waals surface area (Å²) in [5.41, 5.74) is 0.126.